The summed E-state index contributed by atoms with van der Waals surface area (Å²) >= 11 is 1.51. The van der Waals surface area contributed by atoms with Gasteiger partial charge in [0.2, 0.25) is 5.91 Å². The first-order chi connectivity index (χ1) is 9.93. The summed E-state index contributed by atoms with van der Waals surface area (Å²) in [6.07, 6.45) is 0.400. The molecule has 1 aliphatic carbocycles. The Morgan fingerprint density at radius 2 is 2.29 bits per heavy atom. The van der Waals surface area contributed by atoms with Gasteiger partial charge in [-0.25, -0.2) is 4.98 Å². The molecule has 1 amide bonds. The first kappa shape index (κ1) is 15.9. The predicted molar refractivity (Wildman–Crippen MR) is 77.9 cm³/mol. The highest BCUT2D eigenvalue weighted by Gasteiger charge is 2.49. The van der Waals surface area contributed by atoms with E-state index in [4.69, 9.17) is 9.84 Å². The van der Waals surface area contributed by atoms with Gasteiger partial charge in [-0.3, -0.25) is 9.59 Å². The van der Waals surface area contributed by atoms with Crippen molar-refractivity contribution in [2.75, 3.05) is 13.7 Å². The first-order valence-corrected chi connectivity index (χ1v) is 7.85. The third-order valence-corrected chi connectivity index (χ3v) is 4.59. The molecule has 0 aromatic carbocycles. The van der Waals surface area contributed by atoms with Crippen LogP contribution in [0.5, 0.6) is 0 Å². The average molecular weight is 312 g/mol. The largest absolute Gasteiger partial charge is 0.481 e. The van der Waals surface area contributed by atoms with E-state index in [2.05, 4.69) is 4.98 Å². The number of amides is 1. The Morgan fingerprint density at radius 3 is 2.86 bits per heavy atom. The van der Waals surface area contributed by atoms with Crippen LogP contribution >= 0.6 is 11.3 Å². The van der Waals surface area contributed by atoms with Gasteiger partial charge in [-0.15, -0.1) is 11.3 Å². The third kappa shape index (κ3) is 3.79. The summed E-state index contributed by atoms with van der Waals surface area (Å²) in [5.41, 5.74) is 0.810. The van der Waals surface area contributed by atoms with Crippen LogP contribution in [0.1, 0.15) is 37.1 Å². The van der Waals surface area contributed by atoms with Crippen LogP contribution in [0.2, 0.25) is 0 Å². The average Bonchev–Trinajstić information content (AvgIpc) is 3.11. The van der Waals surface area contributed by atoms with Crippen molar-refractivity contribution >= 4 is 23.2 Å². The summed E-state index contributed by atoms with van der Waals surface area (Å²) in [5.74, 6) is -1.88. The van der Waals surface area contributed by atoms with E-state index in [1.165, 1.54) is 11.3 Å². The zero-order valence-corrected chi connectivity index (χ0v) is 13.2. The smallest absolute Gasteiger partial charge is 0.307 e. The number of thiazole rings is 1. The molecule has 1 fully saturated rings. The minimum absolute atomic E-state index is 0.0467. The summed E-state index contributed by atoms with van der Waals surface area (Å²) < 4.78 is 5.48. The normalized spacial score (nSPS) is 21.9. The summed E-state index contributed by atoms with van der Waals surface area (Å²) in [6.45, 7) is 4.92. The molecule has 1 aromatic heterocycles. The highest BCUT2D eigenvalue weighted by atomic mass is 32.1. The second-order valence-corrected chi connectivity index (χ2v) is 6.15. The SMILES string of the molecule is CCO[C@H](C)c1nc(CN(C)C(=O)[C@@H]2C[C@H]2C(=O)O)cs1. The van der Waals surface area contributed by atoms with Crippen molar-refractivity contribution in [1.29, 1.82) is 0 Å². The lowest BCUT2D eigenvalue weighted by atomic mass is 10.3. The van der Waals surface area contributed by atoms with Crippen molar-refractivity contribution in [2.24, 2.45) is 11.8 Å². The van der Waals surface area contributed by atoms with Crippen molar-refractivity contribution in [3.05, 3.63) is 16.1 Å². The van der Waals surface area contributed by atoms with Crippen LogP contribution in [0.4, 0.5) is 0 Å². The van der Waals surface area contributed by atoms with Crippen LogP contribution in [-0.2, 0) is 20.9 Å². The van der Waals surface area contributed by atoms with Gasteiger partial charge in [0.15, 0.2) is 0 Å². The number of hydrogen-bond acceptors (Lipinski definition) is 5. The zero-order valence-electron chi connectivity index (χ0n) is 12.4. The van der Waals surface area contributed by atoms with E-state index in [-0.39, 0.29) is 17.9 Å². The molecular formula is C14H20N2O4S. The number of rotatable bonds is 7. The number of aliphatic carboxylic acids is 1. The molecular weight excluding hydrogens is 292 g/mol. The predicted octanol–water partition coefficient (Wildman–Crippen LogP) is 1.92. The number of nitrogens with zero attached hydrogens (tertiary/aromatic N) is 2. The lowest BCUT2D eigenvalue weighted by molar-refractivity contribution is -0.141. The number of aromatic nitrogens is 1. The molecule has 116 valence electrons. The maximum Gasteiger partial charge on any atom is 0.307 e. The number of carboxylic acid groups (broad SMARTS) is 1. The molecule has 0 aliphatic heterocycles. The molecule has 7 heteroatoms. The van der Waals surface area contributed by atoms with Gasteiger partial charge >= 0.3 is 5.97 Å². The fourth-order valence-electron chi connectivity index (χ4n) is 2.25. The molecule has 1 aromatic rings. The molecule has 6 nitrogen and oxygen atoms in total. The highest BCUT2D eigenvalue weighted by molar-refractivity contribution is 7.09. The number of carboxylic acids is 1. The summed E-state index contributed by atoms with van der Waals surface area (Å²) in [4.78, 5) is 28.9. The molecule has 3 atom stereocenters. The van der Waals surface area contributed by atoms with Crippen LogP contribution < -0.4 is 0 Å². The van der Waals surface area contributed by atoms with Crippen molar-refractivity contribution in [2.45, 2.75) is 32.9 Å². The molecule has 1 heterocycles. The number of hydrogen-bond donors (Lipinski definition) is 1. The lowest BCUT2D eigenvalue weighted by Gasteiger charge is -2.15. The number of carbonyl (C=O) groups excluding carboxylic acids is 1. The van der Waals surface area contributed by atoms with E-state index in [0.717, 1.165) is 10.7 Å². The van der Waals surface area contributed by atoms with Gasteiger partial charge in [-0.1, -0.05) is 0 Å². The molecule has 21 heavy (non-hydrogen) atoms. The van der Waals surface area contributed by atoms with Gasteiger partial charge in [-0.2, -0.15) is 0 Å². The van der Waals surface area contributed by atoms with Crippen LogP contribution in [0.25, 0.3) is 0 Å². The lowest BCUT2D eigenvalue weighted by Crippen LogP contribution is -2.29. The Hall–Kier alpha value is -1.47. The molecule has 1 N–H and O–H groups in total. The molecule has 2 rings (SSSR count). The molecule has 0 saturated heterocycles. The van der Waals surface area contributed by atoms with Gasteiger partial charge in [-0.05, 0) is 20.3 Å². The van der Waals surface area contributed by atoms with E-state index in [1.807, 2.05) is 19.2 Å². The summed E-state index contributed by atoms with van der Waals surface area (Å²) in [6, 6.07) is 0. The Balaban J connectivity index is 1.90. The Labute approximate surface area is 127 Å². The number of carbonyl (C=O) groups is 2. The van der Waals surface area contributed by atoms with Crippen LogP contribution in [0.3, 0.4) is 0 Å². The monoisotopic (exact) mass is 312 g/mol. The maximum atomic E-state index is 12.1. The molecule has 1 aliphatic rings. The second kappa shape index (κ2) is 6.53. The quantitative estimate of drug-likeness (QED) is 0.832. The molecule has 0 bridgehead atoms. The van der Waals surface area contributed by atoms with Gasteiger partial charge in [0.25, 0.3) is 0 Å². The fraction of sp³-hybridized carbons (Fsp3) is 0.643. The van der Waals surface area contributed by atoms with Crippen LogP contribution in [-0.4, -0.2) is 40.5 Å². The minimum Gasteiger partial charge on any atom is -0.481 e. The van der Waals surface area contributed by atoms with Crippen molar-refractivity contribution < 1.29 is 19.4 Å². The van der Waals surface area contributed by atoms with E-state index in [0.29, 0.717) is 19.6 Å². The van der Waals surface area contributed by atoms with Gasteiger partial charge in [0.05, 0.1) is 24.1 Å². The third-order valence-electron chi connectivity index (χ3n) is 3.53. The fourth-order valence-corrected chi connectivity index (χ4v) is 3.06. The molecule has 0 spiro atoms. The van der Waals surface area contributed by atoms with Crippen LogP contribution in [0, 0.1) is 11.8 Å². The summed E-state index contributed by atoms with van der Waals surface area (Å²) in [5, 5.41) is 11.7. The van der Waals surface area contributed by atoms with E-state index >= 15 is 0 Å². The maximum absolute atomic E-state index is 12.1. The second-order valence-electron chi connectivity index (χ2n) is 5.26. The molecule has 0 unspecified atom stereocenters. The Bertz CT molecular complexity index is 531. The van der Waals surface area contributed by atoms with Gasteiger partial charge in [0, 0.05) is 19.0 Å². The van der Waals surface area contributed by atoms with E-state index in [9.17, 15) is 9.59 Å². The van der Waals surface area contributed by atoms with Gasteiger partial charge in [0.1, 0.15) is 11.1 Å². The molecule has 0 radical (unpaired) electrons. The van der Waals surface area contributed by atoms with Gasteiger partial charge < -0.3 is 14.7 Å². The van der Waals surface area contributed by atoms with Crippen molar-refractivity contribution in [3.63, 3.8) is 0 Å². The summed E-state index contributed by atoms with van der Waals surface area (Å²) in [7, 11) is 1.69. The first-order valence-electron chi connectivity index (χ1n) is 6.97. The van der Waals surface area contributed by atoms with Crippen LogP contribution in [0.15, 0.2) is 5.38 Å². The number of ether oxygens (including phenoxy) is 1. The minimum atomic E-state index is -0.886. The highest BCUT2D eigenvalue weighted by Crippen LogP contribution is 2.40. The Kier molecular flexibility index (Phi) is 4.95. The topological polar surface area (TPSA) is 79.7 Å². The standard InChI is InChI=1S/C14H20N2O4S/c1-4-20-8(2)12-15-9(7-21-12)6-16(3)13(17)10-5-11(10)14(18)19/h7-8,10-11H,4-6H2,1-3H3,(H,18,19)/t8-,10-,11-/m1/s1. The molecule has 1 saturated carbocycles. The van der Waals surface area contributed by atoms with Crippen molar-refractivity contribution in [1.82, 2.24) is 9.88 Å². The van der Waals surface area contributed by atoms with E-state index < -0.39 is 11.9 Å². The van der Waals surface area contributed by atoms with Crippen molar-refractivity contribution in [3.8, 4) is 0 Å². The zero-order chi connectivity index (χ0) is 15.6. The Morgan fingerprint density at radius 1 is 1.57 bits per heavy atom. The van der Waals surface area contributed by atoms with E-state index in [1.54, 1.807) is 11.9 Å².